The highest BCUT2D eigenvalue weighted by molar-refractivity contribution is 7.19. The maximum atomic E-state index is 13.2. The van der Waals surface area contributed by atoms with Crippen LogP contribution in [-0.2, 0) is 14.4 Å². The molecule has 1 unspecified atom stereocenters. The van der Waals surface area contributed by atoms with Crippen LogP contribution < -0.4 is 25.4 Å². The van der Waals surface area contributed by atoms with Gasteiger partial charge in [-0.15, -0.1) is 11.3 Å². The zero-order chi connectivity index (χ0) is 35.0. The smallest absolute Gasteiger partial charge is 0.266 e. The van der Waals surface area contributed by atoms with Crippen LogP contribution in [0.15, 0.2) is 66.9 Å². The van der Waals surface area contributed by atoms with Gasteiger partial charge in [0.15, 0.2) is 6.61 Å². The zero-order valence-corrected chi connectivity index (χ0v) is 28.0. The molecular weight excluding hydrogens is 660 g/mol. The molecule has 1 fully saturated rings. The van der Waals surface area contributed by atoms with Crippen LogP contribution in [0.2, 0.25) is 0 Å². The maximum Gasteiger partial charge on any atom is 0.266 e. The van der Waals surface area contributed by atoms with Crippen LogP contribution in [0.4, 0.5) is 5.82 Å². The van der Waals surface area contributed by atoms with Crippen LogP contribution >= 0.6 is 11.3 Å². The van der Waals surface area contributed by atoms with E-state index < -0.39 is 35.6 Å². The summed E-state index contributed by atoms with van der Waals surface area (Å²) in [4.78, 5) is 72.3. The van der Waals surface area contributed by atoms with Gasteiger partial charge in [-0.25, -0.2) is 9.97 Å². The van der Waals surface area contributed by atoms with Gasteiger partial charge in [0.1, 0.15) is 28.4 Å². The van der Waals surface area contributed by atoms with Crippen LogP contribution in [0, 0.1) is 0 Å². The molecule has 2 aliphatic rings. The van der Waals surface area contributed by atoms with E-state index in [1.54, 1.807) is 17.5 Å². The number of hydrogen-bond acceptors (Lipinski definition) is 11. The minimum absolute atomic E-state index is 0.00560. The highest BCUT2D eigenvalue weighted by Gasteiger charge is 2.46. The summed E-state index contributed by atoms with van der Waals surface area (Å²) in [6.45, 7) is 0.501. The Morgan fingerprint density at radius 3 is 2.70 bits per heavy atom. The molecule has 0 aliphatic carbocycles. The summed E-state index contributed by atoms with van der Waals surface area (Å²) in [6.07, 6.45) is 11.1. The second kappa shape index (κ2) is 15.6. The lowest BCUT2D eigenvalue weighted by Gasteiger charge is -2.27. The van der Waals surface area contributed by atoms with Gasteiger partial charge in [0.05, 0.1) is 28.0 Å². The lowest BCUT2D eigenvalue weighted by Crippen LogP contribution is -2.54. The Morgan fingerprint density at radius 2 is 1.90 bits per heavy atom. The summed E-state index contributed by atoms with van der Waals surface area (Å²) in [6, 6.07) is 13.1. The molecule has 4 aromatic rings. The molecule has 0 spiro atoms. The number of hydrogen-bond donors (Lipinski definition) is 3. The average molecular weight is 695 g/mol. The number of benzene rings is 2. The molecule has 5 amide bonds. The monoisotopic (exact) mass is 694 g/mol. The molecule has 50 heavy (non-hydrogen) atoms. The van der Waals surface area contributed by atoms with E-state index in [2.05, 4.69) is 25.9 Å². The number of ether oxygens (including phenoxy) is 2. The third-order valence-electron chi connectivity index (χ3n) is 8.01. The molecule has 2 aromatic heterocycles. The first-order chi connectivity index (χ1) is 24.3. The number of thiazole rings is 1. The number of rotatable bonds is 14. The highest BCUT2D eigenvalue weighted by Crippen LogP contribution is 2.33. The molecule has 1 atom stereocenters. The lowest BCUT2D eigenvalue weighted by atomic mass is 10.0. The summed E-state index contributed by atoms with van der Waals surface area (Å²) >= 11 is 1.57. The molecule has 3 N–H and O–H groups in total. The van der Waals surface area contributed by atoms with Gasteiger partial charge in [-0.2, -0.15) is 0 Å². The quantitative estimate of drug-likeness (QED) is 0.0988. The van der Waals surface area contributed by atoms with Crippen molar-refractivity contribution in [3.63, 3.8) is 0 Å². The number of anilines is 1. The molecule has 2 aliphatic heterocycles. The van der Waals surface area contributed by atoms with Gasteiger partial charge >= 0.3 is 0 Å². The average Bonchev–Trinajstić information content (AvgIpc) is 3.64. The van der Waals surface area contributed by atoms with E-state index in [1.807, 2.05) is 61.7 Å². The Balaban J connectivity index is 0.912. The number of carbonyl (C=O) groups is 5. The summed E-state index contributed by atoms with van der Waals surface area (Å²) in [5.41, 5.74) is 1.97. The SMILES string of the molecule is CNc1ccc(/C=C/C=C/c2nc3ccc(OCCCCNC(=O)COc4cccc5c4C(=O)N(C4CCC(=O)NC4=O)C5=O)cc3s2)cn1. The third-order valence-corrected chi connectivity index (χ3v) is 8.99. The van der Waals surface area contributed by atoms with E-state index in [-0.39, 0.29) is 36.3 Å². The molecule has 6 rings (SSSR count). The Morgan fingerprint density at radius 1 is 1.04 bits per heavy atom. The van der Waals surface area contributed by atoms with Crippen molar-refractivity contribution in [2.75, 3.05) is 32.1 Å². The van der Waals surface area contributed by atoms with Crippen molar-refractivity contribution in [2.45, 2.75) is 31.7 Å². The minimum atomic E-state index is -1.09. The van der Waals surface area contributed by atoms with Crippen molar-refractivity contribution >= 4 is 69.1 Å². The number of nitrogens with zero attached hydrogens (tertiary/aromatic N) is 3. The molecule has 2 aromatic carbocycles. The topological polar surface area (TPSA) is 169 Å². The van der Waals surface area contributed by atoms with Gasteiger partial charge in [-0.1, -0.05) is 24.3 Å². The van der Waals surface area contributed by atoms with E-state index in [0.717, 1.165) is 37.3 Å². The van der Waals surface area contributed by atoms with Crippen molar-refractivity contribution in [1.29, 1.82) is 0 Å². The number of piperidine rings is 1. The third kappa shape index (κ3) is 7.87. The normalized spacial score (nSPS) is 15.9. The Bertz CT molecular complexity index is 2010. The molecular formula is C36H34N6O7S. The number of nitrogens with one attached hydrogen (secondary N) is 3. The van der Waals surface area contributed by atoms with Crippen molar-refractivity contribution in [2.24, 2.45) is 0 Å². The number of fused-ring (bicyclic) bond motifs is 2. The summed E-state index contributed by atoms with van der Waals surface area (Å²) in [5.74, 6) is -1.25. The predicted molar refractivity (Wildman–Crippen MR) is 188 cm³/mol. The van der Waals surface area contributed by atoms with Gasteiger partial charge in [0.25, 0.3) is 17.7 Å². The number of pyridine rings is 1. The molecule has 0 radical (unpaired) electrons. The molecule has 4 heterocycles. The molecule has 14 heteroatoms. The summed E-state index contributed by atoms with van der Waals surface area (Å²) < 4.78 is 12.6. The lowest BCUT2D eigenvalue weighted by molar-refractivity contribution is -0.136. The predicted octanol–water partition coefficient (Wildman–Crippen LogP) is 4.22. The first-order valence-electron chi connectivity index (χ1n) is 16.1. The minimum Gasteiger partial charge on any atom is -0.494 e. The van der Waals surface area contributed by atoms with Crippen molar-refractivity contribution in [3.05, 3.63) is 88.6 Å². The van der Waals surface area contributed by atoms with Crippen LogP contribution in [0.25, 0.3) is 22.4 Å². The second-order valence-electron chi connectivity index (χ2n) is 11.4. The van der Waals surface area contributed by atoms with E-state index in [0.29, 0.717) is 26.0 Å². The molecule has 256 valence electrons. The van der Waals surface area contributed by atoms with Gasteiger partial charge < -0.3 is 20.1 Å². The fraction of sp³-hybridized carbons (Fsp3) is 0.250. The van der Waals surface area contributed by atoms with Crippen LogP contribution in [0.1, 0.15) is 57.0 Å². The fourth-order valence-corrected chi connectivity index (χ4v) is 6.39. The van der Waals surface area contributed by atoms with Gasteiger partial charge in [0.2, 0.25) is 11.8 Å². The van der Waals surface area contributed by atoms with Gasteiger partial charge in [-0.3, -0.25) is 34.2 Å². The largest absolute Gasteiger partial charge is 0.494 e. The van der Waals surface area contributed by atoms with Crippen LogP contribution in [0.5, 0.6) is 11.5 Å². The zero-order valence-electron chi connectivity index (χ0n) is 27.1. The number of imide groups is 2. The van der Waals surface area contributed by atoms with Crippen LogP contribution in [0.3, 0.4) is 0 Å². The van der Waals surface area contributed by atoms with Gasteiger partial charge in [-0.05, 0) is 73.4 Å². The van der Waals surface area contributed by atoms with Crippen molar-refractivity contribution < 1.29 is 33.4 Å². The second-order valence-corrected chi connectivity index (χ2v) is 12.5. The maximum absolute atomic E-state index is 13.2. The summed E-state index contributed by atoms with van der Waals surface area (Å²) in [7, 11) is 1.83. The van der Waals surface area contributed by atoms with Crippen LogP contribution in [-0.4, -0.2) is 77.3 Å². The molecule has 0 saturated carbocycles. The molecule has 13 nitrogen and oxygen atoms in total. The van der Waals surface area contributed by atoms with E-state index in [9.17, 15) is 24.0 Å². The highest BCUT2D eigenvalue weighted by atomic mass is 32.1. The van der Waals surface area contributed by atoms with Gasteiger partial charge in [0, 0.05) is 26.2 Å². The molecule has 1 saturated heterocycles. The number of amides is 5. The Hall–Kier alpha value is -5.89. The number of unbranched alkanes of at least 4 members (excludes halogenated alkanes) is 1. The number of allylic oxidation sites excluding steroid dienone is 2. The standard InChI is InChI=1S/C36H34N6O7S/c1-37-29-15-11-22(20-39-29)7-2-3-10-32-40-25-13-12-23(19-28(25)50-32)48-18-5-4-17-38-31(44)21-49-27-9-6-8-24-33(27)36(47)42(35(24)46)26-14-16-30(43)41-34(26)45/h2-3,6-13,15,19-20,26H,4-5,14,16-18,21H2,1H3,(H,37,39)(H,38,44)(H,41,43,45)/b7-2+,10-3+. The Labute approximate surface area is 291 Å². The number of aromatic nitrogens is 2. The van der Waals surface area contributed by atoms with E-state index in [4.69, 9.17) is 9.47 Å². The van der Waals surface area contributed by atoms with E-state index in [1.165, 1.54) is 18.2 Å². The summed E-state index contributed by atoms with van der Waals surface area (Å²) in [5, 5.41) is 8.83. The van der Waals surface area contributed by atoms with E-state index >= 15 is 0 Å². The Kier molecular flexibility index (Phi) is 10.6. The fourth-order valence-electron chi connectivity index (χ4n) is 5.48. The molecule has 0 bridgehead atoms. The first-order valence-corrected chi connectivity index (χ1v) is 16.9. The van der Waals surface area contributed by atoms with Crippen molar-refractivity contribution in [1.82, 2.24) is 25.5 Å². The first kappa shape index (κ1) is 34.0. The van der Waals surface area contributed by atoms with Crippen molar-refractivity contribution in [3.8, 4) is 11.5 Å². The number of carbonyl (C=O) groups excluding carboxylic acids is 5.